The SMILES string of the molecule is C=CCN(C=O)N1CC(=O)N2[C@@H](Cc3ccc(OCC(=O)OC)cc3)C(=O)N(Cc3cccc4ccccc34)C[C@@H]21. The summed E-state index contributed by atoms with van der Waals surface area (Å²) in [6, 6.07) is 20.3. The number of piperazine rings is 1. The summed E-state index contributed by atoms with van der Waals surface area (Å²) in [6.07, 6.45) is 2.06. The maximum Gasteiger partial charge on any atom is 0.343 e. The molecule has 2 aliphatic heterocycles. The van der Waals surface area contributed by atoms with E-state index in [9.17, 15) is 19.2 Å². The van der Waals surface area contributed by atoms with Crippen LogP contribution in [0.4, 0.5) is 0 Å². The third-order valence-corrected chi connectivity index (χ3v) is 7.51. The van der Waals surface area contributed by atoms with Gasteiger partial charge in [0.2, 0.25) is 18.2 Å². The molecule has 0 unspecified atom stereocenters. The van der Waals surface area contributed by atoms with Crippen molar-refractivity contribution in [2.45, 2.75) is 25.2 Å². The number of hydrazine groups is 1. The van der Waals surface area contributed by atoms with Gasteiger partial charge in [-0.3, -0.25) is 19.4 Å². The summed E-state index contributed by atoms with van der Waals surface area (Å²) in [7, 11) is 1.29. The van der Waals surface area contributed by atoms with Crippen LogP contribution in [0.25, 0.3) is 10.8 Å². The highest BCUT2D eigenvalue weighted by atomic mass is 16.6. The topological polar surface area (TPSA) is 99.7 Å². The van der Waals surface area contributed by atoms with E-state index >= 15 is 0 Å². The lowest BCUT2D eigenvalue weighted by atomic mass is 9.99. The van der Waals surface area contributed by atoms with Crippen molar-refractivity contribution in [2.24, 2.45) is 0 Å². The summed E-state index contributed by atoms with van der Waals surface area (Å²) in [6.45, 7) is 4.38. The van der Waals surface area contributed by atoms with Crippen LogP contribution < -0.4 is 4.74 Å². The van der Waals surface area contributed by atoms with Gasteiger partial charge in [0.05, 0.1) is 26.7 Å². The Morgan fingerprint density at radius 1 is 1.07 bits per heavy atom. The van der Waals surface area contributed by atoms with Gasteiger partial charge in [-0.05, 0) is 34.0 Å². The molecule has 2 aliphatic rings. The highest BCUT2D eigenvalue weighted by Crippen LogP contribution is 2.31. The first kappa shape index (κ1) is 27.9. The van der Waals surface area contributed by atoms with Crippen molar-refractivity contribution >= 4 is 35.0 Å². The van der Waals surface area contributed by atoms with Crippen LogP contribution in [0, 0.1) is 0 Å². The van der Waals surface area contributed by atoms with Crippen LogP contribution in [-0.4, -0.2) is 89.6 Å². The monoisotopic (exact) mass is 556 g/mol. The molecule has 10 nitrogen and oxygen atoms in total. The van der Waals surface area contributed by atoms with Crippen molar-refractivity contribution in [3.8, 4) is 5.75 Å². The Morgan fingerprint density at radius 3 is 2.56 bits per heavy atom. The zero-order valence-electron chi connectivity index (χ0n) is 22.8. The lowest BCUT2D eigenvalue weighted by molar-refractivity contribution is -0.161. The van der Waals surface area contributed by atoms with Crippen LogP contribution >= 0.6 is 0 Å². The van der Waals surface area contributed by atoms with Gasteiger partial charge < -0.3 is 19.3 Å². The van der Waals surface area contributed by atoms with Crippen LogP contribution in [-0.2, 0) is 36.9 Å². The predicted octanol–water partition coefficient (Wildman–Crippen LogP) is 2.37. The number of esters is 1. The van der Waals surface area contributed by atoms with Gasteiger partial charge in [-0.1, -0.05) is 60.7 Å². The average Bonchev–Trinajstić information content (AvgIpc) is 3.32. The van der Waals surface area contributed by atoms with Gasteiger partial charge in [0, 0.05) is 13.0 Å². The first-order valence-corrected chi connectivity index (χ1v) is 13.4. The number of carbonyl (C=O) groups is 4. The molecule has 0 aliphatic carbocycles. The molecule has 0 N–H and O–H groups in total. The van der Waals surface area contributed by atoms with Gasteiger partial charge >= 0.3 is 5.97 Å². The van der Waals surface area contributed by atoms with E-state index in [0.29, 0.717) is 18.7 Å². The summed E-state index contributed by atoms with van der Waals surface area (Å²) in [5.41, 5.74) is 1.83. The average molecular weight is 557 g/mol. The Bertz CT molecular complexity index is 1450. The van der Waals surface area contributed by atoms with Crippen LogP contribution in [0.5, 0.6) is 5.75 Å². The van der Waals surface area contributed by atoms with E-state index in [0.717, 1.165) is 21.9 Å². The summed E-state index contributed by atoms with van der Waals surface area (Å²) in [5.74, 6) is -0.375. The van der Waals surface area contributed by atoms with Crippen molar-refractivity contribution in [3.05, 3.63) is 90.5 Å². The minimum Gasteiger partial charge on any atom is -0.482 e. The molecule has 41 heavy (non-hydrogen) atoms. The number of methoxy groups -OCH3 is 1. The Hall–Kier alpha value is -4.70. The molecule has 0 radical (unpaired) electrons. The lowest BCUT2D eigenvalue weighted by Crippen LogP contribution is -2.65. The maximum atomic E-state index is 14.0. The molecule has 2 fully saturated rings. The van der Waals surface area contributed by atoms with Crippen LogP contribution in [0.15, 0.2) is 79.4 Å². The van der Waals surface area contributed by atoms with Crippen LogP contribution in [0.3, 0.4) is 0 Å². The lowest BCUT2D eigenvalue weighted by Gasteiger charge is -2.45. The molecule has 2 heterocycles. The van der Waals surface area contributed by atoms with Crippen molar-refractivity contribution in [2.75, 3.05) is 33.4 Å². The van der Waals surface area contributed by atoms with Gasteiger partial charge in [-0.2, -0.15) is 5.01 Å². The van der Waals surface area contributed by atoms with E-state index in [4.69, 9.17) is 4.74 Å². The second-order valence-electron chi connectivity index (χ2n) is 9.98. The van der Waals surface area contributed by atoms with Gasteiger partial charge in [0.1, 0.15) is 18.0 Å². The van der Waals surface area contributed by atoms with E-state index in [1.165, 1.54) is 12.1 Å². The molecule has 0 spiro atoms. The number of rotatable bonds is 11. The van der Waals surface area contributed by atoms with Gasteiger partial charge in [0.25, 0.3) is 0 Å². The third kappa shape index (κ3) is 5.78. The van der Waals surface area contributed by atoms with E-state index in [1.807, 2.05) is 54.6 Å². The fourth-order valence-electron chi connectivity index (χ4n) is 5.53. The molecule has 10 heteroatoms. The highest BCUT2D eigenvalue weighted by Gasteiger charge is 2.51. The summed E-state index contributed by atoms with van der Waals surface area (Å²) in [4.78, 5) is 54.1. The highest BCUT2D eigenvalue weighted by molar-refractivity contribution is 5.92. The number of ether oxygens (including phenoxy) is 2. The maximum absolute atomic E-state index is 14.0. The molecule has 3 amide bonds. The first-order valence-electron chi connectivity index (χ1n) is 13.4. The first-order chi connectivity index (χ1) is 19.9. The normalized spacial score (nSPS) is 18.8. The molecular formula is C31H32N4O6. The smallest absolute Gasteiger partial charge is 0.343 e. The standard InChI is InChI=1S/C31H32N4O6/c1-3-15-33(21-36)34-19-29(37)35-27(16-22-11-13-25(14-12-22)41-20-30(38)40-2)31(39)32(18-28(34)35)17-24-9-6-8-23-7-4-5-10-26(23)24/h3-14,21,27-28H,1,15-20H2,2H3/t27-,28+/m0/s1. The van der Waals surface area contributed by atoms with Crippen LogP contribution in [0.2, 0.25) is 0 Å². The Morgan fingerprint density at radius 2 is 1.83 bits per heavy atom. The molecule has 0 aromatic heterocycles. The van der Waals surface area contributed by atoms with E-state index in [1.54, 1.807) is 33.0 Å². The van der Waals surface area contributed by atoms with Crippen molar-refractivity contribution < 1.29 is 28.7 Å². The minimum absolute atomic E-state index is 0.0105. The fourth-order valence-corrected chi connectivity index (χ4v) is 5.53. The summed E-state index contributed by atoms with van der Waals surface area (Å²) >= 11 is 0. The van der Waals surface area contributed by atoms with Gasteiger partial charge in [-0.25, -0.2) is 4.79 Å². The molecule has 0 bridgehead atoms. The molecule has 3 aromatic rings. The molecule has 3 aromatic carbocycles. The van der Waals surface area contributed by atoms with Gasteiger partial charge in [-0.15, -0.1) is 6.58 Å². The van der Waals surface area contributed by atoms with Crippen LogP contribution in [0.1, 0.15) is 11.1 Å². The van der Waals surface area contributed by atoms with Crippen molar-refractivity contribution in [3.63, 3.8) is 0 Å². The van der Waals surface area contributed by atoms with E-state index in [-0.39, 0.29) is 44.5 Å². The largest absolute Gasteiger partial charge is 0.482 e. The number of fused-ring (bicyclic) bond motifs is 2. The van der Waals surface area contributed by atoms with E-state index < -0.39 is 18.2 Å². The number of hydrogen-bond acceptors (Lipinski definition) is 7. The molecular weight excluding hydrogens is 524 g/mol. The molecule has 0 saturated carbocycles. The number of hydrogen-bond donors (Lipinski definition) is 0. The number of nitrogens with zero attached hydrogens (tertiary/aromatic N) is 4. The molecule has 2 atom stereocenters. The van der Waals surface area contributed by atoms with Crippen molar-refractivity contribution in [1.29, 1.82) is 0 Å². The molecule has 5 rings (SSSR count). The number of amides is 3. The zero-order chi connectivity index (χ0) is 28.9. The third-order valence-electron chi connectivity index (χ3n) is 7.51. The number of carbonyl (C=O) groups excluding carboxylic acids is 4. The quantitative estimate of drug-likeness (QED) is 0.203. The number of benzene rings is 3. The van der Waals surface area contributed by atoms with Crippen molar-refractivity contribution in [1.82, 2.24) is 19.8 Å². The molecule has 2 saturated heterocycles. The zero-order valence-corrected chi connectivity index (χ0v) is 22.8. The Kier molecular flexibility index (Phi) is 8.30. The fraction of sp³-hybridized carbons (Fsp3) is 0.290. The predicted molar refractivity (Wildman–Crippen MR) is 151 cm³/mol. The Labute approximate surface area is 238 Å². The molecule has 212 valence electrons. The minimum atomic E-state index is -0.764. The second kappa shape index (κ2) is 12.2. The summed E-state index contributed by atoms with van der Waals surface area (Å²) in [5, 5.41) is 5.30. The second-order valence-corrected chi connectivity index (χ2v) is 9.98. The van der Waals surface area contributed by atoms with Gasteiger partial charge in [0.15, 0.2) is 6.61 Å². The summed E-state index contributed by atoms with van der Waals surface area (Å²) < 4.78 is 10.0. The Balaban J connectivity index is 1.44. The van der Waals surface area contributed by atoms with E-state index in [2.05, 4.69) is 11.3 Å².